The zero-order chi connectivity index (χ0) is 9.84. The molecule has 0 aromatic rings. The zero-order valence-electron chi connectivity index (χ0n) is 6.90. The lowest BCUT2D eigenvalue weighted by molar-refractivity contribution is -0.137. The lowest BCUT2D eigenvalue weighted by Gasteiger charge is -2.29. The van der Waals surface area contributed by atoms with Crippen LogP contribution in [0.1, 0.15) is 0 Å². The van der Waals surface area contributed by atoms with Gasteiger partial charge in [-0.1, -0.05) is 0 Å². The van der Waals surface area contributed by atoms with Gasteiger partial charge in [-0.05, 0) is 0 Å². The molecule has 6 heteroatoms. The molecule has 0 aromatic carbocycles. The third kappa shape index (κ3) is 2.77. The topological polar surface area (TPSA) is 57.6 Å². The molecule has 1 saturated heterocycles. The predicted octanol–water partition coefficient (Wildman–Crippen LogP) is 0.254. The Morgan fingerprint density at radius 2 is 2.31 bits per heavy atom. The number of carbonyl (C=O) groups is 2. The number of hydrogen-bond donors (Lipinski definition) is 1. The third-order valence-corrected chi connectivity index (χ3v) is 3.21. The Morgan fingerprint density at radius 1 is 1.62 bits per heavy atom. The van der Waals surface area contributed by atoms with Crippen LogP contribution in [0.25, 0.3) is 0 Å². The van der Waals surface area contributed by atoms with Crippen molar-refractivity contribution in [3.05, 3.63) is 0 Å². The maximum absolute atomic E-state index is 11.1. The molecule has 74 valence electrons. The summed E-state index contributed by atoms with van der Waals surface area (Å²) in [6.07, 6.45) is 0. The van der Waals surface area contributed by atoms with Crippen molar-refractivity contribution in [2.75, 3.05) is 24.7 Å². The molecule has 1 unspecified atom stereocenters. The number of rotatable bonds is 2. The molecule has 1 aliphatic heterocycles. The fourth-order valence-electron chi connectivity index (χ4n) is 1.11. The zero-order valence-corrected chi connectivity index (χ0v) is 8.48. The van der Waals surface area contributed by atoms with Crippen LogP contribution >= 0.6 is 23.4 Å². The summed E-state index contributed by atoms with van der Waals surface area (Å²) in [7, 11) is 0. The number of carboxylic acids is 1. The molecule has 1 atom stereocenters. The van der Waals surface area contributed by atoms with Crippen molar-refractivity contribution in [1.82, 2.24) is 4.90 Å². The smallest absolute Gasteiger partial charge is 0.318 e. The highest BCUT2D eigenvalue weighted by atomic mass is 35.5. The van der Waals surface area contributed by atoms with E-state index >= 15 is 0 Å². The summed E-state index contributed by atoms with van der Waals surface area (Å²) in [6.45, 7) is 0.867. The molecule has 0 spiro atoms. The van der Waals surface area contributed by atoms with E-state index in [4.69, 9.17) is 16.7 Å². The van der Waals surface area contributed by atoms with Gasteiger partial charge in [0.25, 0.3) is 0 Å². The molecule has 0 bridgehead atoms. The van der Waals surface area contributed by atoms with E-state index in [-0.39, 0.29) is 18.3 Å². The maximum atomic E-state index is 11.1. The first kappa shape index (κ1) is 10.7. The van der Waals surface area contributed by atoms with Gasteiger partial charge in [0.1, 0.15) is 11.1 Å². The van der Waals surface area contributed by atoms with Crippen LogP contribution in [0.4, 0.5) is 0 Å². The fraction of sp³-hybridized carbons (Fsp3) is 0.714. The minimum atomic E-state index is -0.864. The van der Waals surface area contributed by atoms with Gasteiger partial charge in [0.15, 0.2) is 0 Å². The monoisotopic (exact) mass is 223 g/mol. The maximum Gasteiger partial charge on any atom is 0.318 e. The predicted molar refractivity (Wildman–Crippen MR) is 51.2 cm³/mol. The van der Waals surface area contributed by atoms with E-state index in [9.17, 15) is 9.59 Å². The van der Waals surface area contributed by atoms with E-state index in [0.29, 0.717) is 12.3 Å². The van der Waals surface area contributed by atoms with Crippen LogP contribution < -0.4 is 0 Å². The SMILES string of the molecule is O=C(O)C1CN(C(=O)CCl)CCS1. The van der Waals surface area contributed by atoms with Gasteiger partial charge >= 0.3 is 5.97 Å². The highest BCUT2D eigenvalue weighted by Gasteiger charge is 2.27. The average Bonchev–Trinajstić information content (AvgIpc) is 2.17. The second kappa shape index (κ2) is 4.72. The van der Waals surface area contributed by atoms with Crippen molar-refractivity contribution in [2.24, 2.45) is 0 Å². The molecule has 0 radical (unpaired) electrons. The Labute approximate surface area is 85.2 Å². The van der Waals surface area contributed by atoms with Gasteiger partial charge in [-0.15, -0.1) is 23.4 Å². The van der Waals surface area contributed by atoms with E-state index in [1.54, 1.807) is 0 Å². The lowest BCUT2D eigenvalue weighted by atomic mass is 10.3. The van der Waals surface area contributed by atoms with E-state index in [1.807, 2.05) is 0 Å². The van der Waals surface area contributed by atoms with Gasteiger partial charge in [0.05, 0.1) is 0 Å². The average molecular weight is 224 g/mol. The summed E-state index contributed by atoms with van der Waals surface area (Å²) in [6, 6.07) is 0. The van der Waals surface area contributed by atoms with E-state index in [2.05, 4.69) is 0 Å². The van der Waals surface area contributed by atoms with Crippen molar-refractivity contribution >= 4 is 35.2 Å². The quantitative estimate of drug-likeness (QED) is 0.682. The molecule has 4 nitrogen and oxygen atoms in total. The second-order valence-electron chi connectivity index (χ2n) is 2.67. The number of alkyl halides is 1. The number of halogens is 1. The molecule has 1 rings (SSSR count). The van der Waals surface area contributed by atoms with Crippen molar-refractivity contribution < 1.29 is 14.7 Å². The Morgan fingerprint density at radius 3 is 2.85 bits per heavy atom. The minimum Gasteiger partial charge on any atom is -0.480 e. The summed E-state index contributed by atoms with van der Waals surface area (Å²) >= 11 is 6.73. The molecule has 0 aromatic heterocycles. The summed E-state index contributed by atoms with van der Waals surface area (Å²) in [5, 5.41) is 8.22. The molecule has 0 saturated carbocycles. The third-order valence-electron chi connectivity index (χ3n) is 1.81. The number of carboxylic acid groups (broad SMARTS) is 1. The number of amides is 1. The molecule has 13 heavy (non-hydrogen) atoms. The number of hydrogen-bond acceptors (Lipinski definition) is 3. The first-order valence-electron chi connectivity index (χ1n) is 3.83. The lowest BCUT2D eigenvalue weighted by Crippen LogP contribution is -2.45. The van der Waals surface area contributed by atoms with Crippen LogP contribution in [0.15, 0.2) is 0 Å². The number of carbonyl (C=O) groups excluding carboxylic acids is 1. The van der Waals surface area contributed by atoms with Gasteiger partial charge in [-0.2, -0.15) is 0 Å². The minimum absolute atomic E-state index is 0.0724. The Kier molecular flexibility index (Phi) is 3.87. The molecule has 1 heterocycles. The van der Waals surface area contributed by atoms with Crippen molar-refractivity contribution in [3.63, 3.8) is 0 Å². The van der Waals surface area contributed by atoms with Crippen LogP contribution in [-0.4, -0.2) is 51.9 Å². The number of aliphatic carboxylic acids is 1. The van der Waals surface area contributed by atoms with Crippen LogP contribution in [-0.2, 0) is 9.59 Å². The first-order chi connectivity index (χ1) is 6.15. The van der Waals surface area contributed by atoms with Crippen LogP contribution in [0.2, 0.25) is 0 Å². The van der Waals surface area contributed by atoms with Gasteiger partial charge in [0.2, 0.25) is 5.91 Å². The van der Waals surface area contributed by atoms with Gasteiger partial charge < -0.3 is 10.0 Å². The summed E-state index contributed by atoms with van der Waals surface area (Å²) in [4.78, 5) is 23.2. The highest BCUT2D eigenvalue weighted by Crippen LogP contribution is 2.18. The Hall–Kier alpha value is -0.420. The van der Waals surface area contributed by atoms with E-state index in [0.717, 1.165) is 0 Å². The molecule has 1 fully saturated rings. The van der Waals surface area contributed by atoms with E-state index in [1.165, 1.54) is 16.7 Å². The molecular weight excluding hydrogens is 214 g/mol. The highest BCUT2D eigenvalue weighted by molar-refractivity contribution is 8.00. The molecular formula is C7H10ClNO3S. The van der Waals surface area contributed by atoms with Gasteiger partial charge in [0, 0.05) is 18.8 Å². The fourth-order valence-corrected chi connectivity index (χ4v) is 2.32. The van der Waals surface area contributed by atoms with Crippen LogP contribution in [0, 0.1) is 0 Å². The second-order valence-corrected chi connectivity index (χ2v) is 4.25. The van der Waals surface area contributed by atoms with Gasteiger partial charge in [-0.25, -0.2) is 0 Å². The van der Waals surface area contributed by atoms with Crippen molar-refractivity contribution in [2.45, 2.75) is 5.25 Å². The van der Waals surface area contributed by atoms with Crippen molar-refractivity contribution in [1.29, 1.82) is 0 Å². The summed E-state index contributed by atoms with van der Waals surface area (Å²) in [5.74, 6) is -0.457. The van der Waals surface area contributed by atoms with Gasteiger partial charge in [-0.3, -0.25) is 9.59 Å². The summed E-state index contributed by atoms with van der Waals surface area (Å²) < 4.78 is 0. The van der Waals surface area contributed by atoms with Crippen LogP contribution in [0.3, 0.4) is 0 Å². The van der Waals surface area contributed by atoms with Crippen LogP contribution in [0.5, 0.6) is 0 Å². The molecule has 1 amide bonds. The summed E-state index contributed by atoms with van der Waals surface area (Å²) in [5.41, 5.74) is 0. The first-order valence-corrected chi connectivity index (χ1v) is 5.41. The number of nitrogens with zero attached hydrogens (tertiary/aromatic N) is 1. The largest absolute Gasteiger partial charge is 0.480 e. The molecule has 1 N–H and O–H groups in total. The van der Waals surface area contributed by atoms with E-state index < -0.39 is 11.2 Å². The number of thioether (sulfide) groups is 1. The van der Waals surface area contributed by atoms with Crippen molar-refractivity contribution in [3.8, 4) is 0 Å². The Bertz CT molecular complexity index is 224. The molecule has 1 aliphatic rings. The Balaban J connectivity index is 2.51. The molecule has 0 aliphatic carbocycles. The standard InChI is InChI=1S/C7H10ClNO3S/c8-3-6(10)9-1-2-13-5(4-9)7(11)12/h5H,1-4H2,(H,11,12). The normalized spacial score (nSPS) is 22.8.